The van der Waals surface area contributed by atoms with E-state index in [9.17, 15) is 8.42 Å². The smallest absolute Gasteiger partial charge is 0.211 e. The van der Waals surface area contributed by atoms with Gasteiger partial charge in [0, 0.05) is 17.9 Å². The first-order valence-electron chi connectivity index (χ1n) is 4.50. The summed E-state index contributed by atoms with van der Waals surface area (Å²) in [5, 5.41) is 0. The van der Waals surface area contributed by atoms with Crippen LogP contribution in [0, 0.1) is 0 Å². The normalized spacial score (nSPS) is 30.8. The second-order valence-electron chi connectivity index (χ2n) is 3.65. The molecule has 3 nitrogen and oxygen atoms in total. The average molecular weight is 270 g/mol. The maximum Gasteiger partial charge on any atom is 0.211 e. The van der Waals surface area contributed by atoms with Crippen LogP contribution in [0.4, 0.5) is 0 Å². The van der Waals surface area contributed by atoms with Crippen molar-refractivity contribution in [3.63, 3.8) is 0 Å². The van der Waals surface area contributed by atoms with E-state index in [2.05, 4.69) is 15.9 Å². The lowest BCUT2D eigenvalue weighted by Crippen LogP contribution is -2.43. The Hall–Kier alpha value is 0.390. The summed E-state index contributed by atoms with van der Waals surface area (Å²) in [6.07, 6.45) is 5.64. The molecular weight excluding hydrogens is 254 g/mol. The van der Waals surface area contributed by atoms with Gasteiger partial charge in [-0.15, -0.1) is 0 Å². The number of halogens is 1. The van der Waals surface area contributed by atoms with Gasteiger partial charge in [-0.3, -0.25) is 0 Å². The average Bonchev–Trinajstić information content (AvgIpc) is 2.02. The molecule has 2 unspecified atom stereocenters. The zero-order valence-electron chi connectivity index (χ0n) is 8.03. The van der Waals surface area contributed by atoms with Crippen molar-refractivity contribution in [3.05, 3.63) is 0 Å². The van der Waals surface area contributed by atoms with E-state index < -0.39 is 10.0 Å². The van der Waals surface area contributed by atoms with Crippen LogP contribution in [0.1, 0.15) is 25.7 Å². The second-order valence-corrected chi connectivity index (χ2v) is 6.87. The summed E-state index contributed by atoms with van der Waals surface area (Å²) in [6, 6.07) is 0.142. The van der Waals surface area contributed by atoms with E-state index in [1.54, 1.807) is 7.05 Å². The van der Waals surface area contributed by atoms with Crippen LogP contribution in [0.5, 0.6) is 0 Å². The molecule has 0 aromatic rings. The molecule has 0 heterocycles. The van der Waals surface area contributed by atoms with Crippen LogP contribution in [-0.2, 0) is 10.0 Å². The van der Waals surface area contributed by atoms with E-state index in [0.29, 0.717) is 4.83 Å². The molecular formula is C8H16BrNO2S. The van der Waals surface area contributed by atoms with Gasteiger partial charge in [-0.2, -0.15) is 0 Å². The third-order valence-corrected chi connectivity index (χ3v) is 5.02. The molecule has 1 fully saturated rings. The van der Waals surface area contributed by atoms with Crippen LogP contribution >= 0.6 is 15.9 Å². The van der Waals surface area contributed by atoms with Gasteiger partial charge in [-0.25, -0.2) is 12.7 Å². The van der Waals surface area contributed by atoms with Gasteiger partial charge >= 0.3 is 0 Å². The monoisotopic (exact) mass is 269 g/mol. The topological polar surface area (TPSA) is 37.4 Å². The van der Waals surface area contributed by atoms with E-state index >= 15 is 0 Å². The fourth-order valence-electron chi connectivity index (χ4n) is 1.72. The molecule has 1 saturated carbocycles. The van der Waals surface area contributed by atoms with Crippen LogP contribution in [0.25, 0.3) is 0 Å². The van der Waals surface area contributed by atoms with Crippen molar-refractivity contribution in [1.29, 1.82) is 0 Å². The number of hydrogen-bond acceptors (Lipinski definition) is 2. The molecule has 0 spiro atoms. The quantitative estimate of drug-likeness (QED) is 0.714. The van der Waals surface area contributed by atoms with Gasteiger partial charge in [0.25, 0.3) is 0 Å². The van der Waals surface area contributed by atoms with Crippen molar-refractivity contribution in [2.24, 2.45) is 0 Å². The molecule has 2 atom stereocenters. The zero-order chi connectivity index (χ0) is 10.1. The van der Waals surface area contributed by atoms with Gasteiger partial charge in [-0.05, 0) is 12.8 Å². The van der Waals surface area contributed by atoms with E-state index in [4.69, 9.17) is 0 Å². The van der Waals surface area contributed by atoms with Crippen LogP contribution in [0.2, 0.25) is 0 Å². The maximum absolute atomic E-state index is 11.3. The van der Waals surface area contributed by atoms with Crippen molar-refractivity contribution in [1.82, 2.24) is 4.31 Å². The first-order chi connectivity index (χ1) is 5.93. The molecule has 78 valence electrons. The Balaban J connectivity index is 2.70. The molecule has 1 aliphatic carbocycles. The van der Waals surface area contributed by atoms with E-state index in [-0.39, 0.29) is 6.04 Å². The third kappa shape index (κ3) is 2.92. The van der Waals surface area contributed by atoms with Crippen LogP contribution in [-0.4, -0.2) is 36.9 Å². The second kappa shape index (κ2) is 4.28. The predicted octanol–water partition coefficient (Wildman–Crippen LogP) is 1.58. The summed E-state index contributed by atoms with van der Waals surface area (Å²) in [7, 11) is -1.37. The van der Waals surface area contributed by atoms with Gasteiger partial charge in [-0.1, -0.05) is 28.8 Å². The predicted molar refractivity (Wildman–Crippen MR) is 57.6 cm³/mol. The third-order valence-electron chi connectivity index (χ3n) is 2.64. The van der Waals surface area contributed by atoms with Crippen molar-refractivity contribution < 1.29 is 8.42 Å². The molecule has 0 amide bonds. The van der Waals surface area contributed by atoms with E-state index in [1.807, 2.05) is 0 Å². The number of sulfonamides is 1. The maximum atomic E-state index is 11.3. The Bertz CT molecular complexity index is 265. The number of alkyl halides is 1. The lowest BCUT2D eigenvalue weighted by molar-refractivity contribution is 0.299. The Labute approximate surface area is 88.7 Å². The Morgan fingerprint density at radius 2 is 1.85 bits per heavy atom. The molecule has 1 aliphatic rings. The lowest BCUT2D eigenvalue weighted by atomic mass is 9.96. The fraction of sp³-hybridized carbons (Fsp3) is 1.00. The van der Waals surface area contributed by atoms with E-state index in [0.717, 1.165) is 19.3 Å². The summed E-state index contributed by atoms with van der Waals surface area (Å²) in [6.45, 7) is 0. The largest absolute Gasteiger partial charge is 0.213 e. The fourth-order valence-corrected chi connectivity index (χ4v) is 3.57. The van der Waals surface area contributed by atoms with Crippen molar-refractivity contribution >= 4 is 26.0 Å². The summed E-state index contributed by atoms with van der Waals surface area (Å²) < 4.78 is 24.1. The standard InChI is InChI=1S/C8H16BrNO2S/c1-10(13(2,11)12)8-6-4-3-5-7(8)9/h7-8H,3-6H2,1-2H3. The van der Waals surface area contributed by atoms with Crippen LogP contribution < -0.4 is 0 Å². The first-order valence-corrected chi connectivity index (χ1v) is 7.26. The van der Waals surface area contributed by atoms with Gasteiger partial charge in [0.05, 0.1) is 6.26 Å². The summed E-state index contributed by atoms with van der Waals surface area (Å²) in [5.41, 5.74) is 0. The summed E-state index contributed by atoms with van der Waals surface area (Å²) >= 11 is 3.54. The molecule has 13 heavy (non-hydrogen) atoms. The molecule has 0 radical (unpaired) electrons. The number of nitrogens with zero attached hydrogens (tertiary/aromatic N) is 1. The Morgan fingerprint density at radius 1 is 1.31 bits per heavy atom. The first kappa shape index (κ1) is 11.5. The zero-order valence-corrected chi connectivity index (χ0v) is 10.4. The van der Waals surface area contributed by atoms with Gasteiger partial charge in [0.2, 0.25) is 10.0 Å². The summed E-state index contributed by atoms with van der Waals surface area (Å²) in [5.74, 6) is 0. The molecule has 0 aromatic heterocycles. The lowest BCUT2D eigenvalue weighted by Gasteiger charge is -2.33. The highest BCUT2D eigenvalue weighted by Gasteiger charge is 2.30. The molecule has 0 aliphatic heterocycles. The van der Waals surface area contributed by atoms with Crippen LogP contribution in [0.3, 0.4) is 0 Å². The van der Waals surface area contributed by atoms with Gasteiger partial charge in [0.15, 0.2) is 0 Å². The number of rotatable bonds is 2. The van der Waals surface area contributed by atoms with Gasteiger partial charge in [0.1, 0.15) is 0 Å². The highest BCUT2D eigenvalue weighted by molar-refractivity contribution is 9.09. The molecule has 0 N–H and O–H groups in total. The number of hydrogen-bond donors (Lipinski definition) is 0. The minimum Gasteiger partial charge on any atom is -0.213 e. The van der Waals surface area contributed by atoms with Crippen molar-refractivity contribution in [3.8, 4) is 0 Å². The minimum absolute atomic E-state index is 0.142. The van der Waals surface area contributed by atoms with Crippen molar-refractivity contribution in [2.75, 3.05) is 13.3 Å². The molecule has 5 heteroatoms. The highest BCUT2D eigenvalue weighted by Crippen LogP contribution is 2.28. The molecule has 0 saturated heterocycles. The minimum atomic E-state index is -3.03. The highest BCUT2D eigenvalue weighted by atomic mass is 79.9. The molecule has 1 rings (SSSR count). The van der Waals surface area contributed by atoms with Gasteiger partial charge < -0.3 is 0 Å². The molecule has 0 bridgehead atoms. The Morgan fingerprint density at radius 3 is 2.31 bits per heavy atom. The summed E-state index contributed by atoms with van der Waals surface area (Å²) in [4.78, 5) is 0.320. The molecule has 0 aromatic carbocycles. The van der Waals surface area contributed by atoms with Crippen LogP contribution in [0.15, 0.2) is 0 Å². The van der Waals surface area contributed by atoms with E-state index in [1.165, 1.54) is 17.0 Å². The SMILES string of the molecule is CN(C1CCCCC1Br)S(C)(=O)=O. The van der Waals surface area contributed by atoms with Crippen molar-refractivity contribution in [2.45, 2.75) is 36.6 Å². The Kier molecular flexibility index (Phi) is 3.77.